The molecule has 0 aliphatic rings. The number of nitrogens with zero attached hydrogens (tertiary/aromatic N) is 1. The quantitative estimate of drug-likeness (QED) is 0.852. The molecule has 1 unspecified atom stereocenters. The summed E-state index contributed by atoms with van der Waals surface area (Å²) in [6.07, 6.45) is 2.87. The highest BCUT2D eigenvalue weighted by molar-refractivity contribution is 5.35. The van der Waals surface area contributed by atoms with Crippen molar-refractivity contribution in [3.8, 4) is 11.6 Å². The van der Waals surface area contributed by atoms with Crippen LogP contribution >= 0.6 is 0 Å². The molecule has 2 rings (SSSR count). The van der Waals surface area contributed by atoms with Crippen molar-refractivity contribution in [1.29, 1.82) is 0 Å². The van der Waals surface area contributed by atoms with Crippen LogP contribution in [0.1, 0.15) is 37.4 Å². The molecule has 1 heterocycles. The molecule has 0 fully saturated rings. The fraction of sp³-hybridized carbons (Fsp3) is 0.353. The Hall–Kier alpha value is -1.87. The number of rotatable bonds is 6. The predicted molar refractivity (Wildman–Crippen MR) is 82.2 cm³/mol. The van der Waals surface area contributed by atoms with Gasteiger partial charge in [-0.15, -0.1) is 0 Å². The van der Waals surface area contributed by atoms with Crippen molar-refractivity contribution in [1.82, 2.24) is 10.3 Å². The second-order valence-electron chi connectivity index (χ2n) is 4.99. The Kier molecular flexibility index (Phi) is 5.13. The zero-order valence-electron chi connectivity index (χ0n) is 12.4. The van der Waals surface area contributed by atoms with E-state index in [-0.39, 0.29) is 6.04 Å². The van der Waals surface area contributed by atoms with Crippen LogP contribution in [-0.4, -0.2) is 11.5 Å². The molecule has 1 atom stereocenters. The first kappa shape index (κ1) is 14.5. The molecule has 0 aliphatic heterocycles. The van der Waals surface area contributed by atoms with Gasteiger partial charge in [-0.1, -0.05) is 25.1 Å². The Bertz CT molecular complexity index is 554. The standard InChI is InChI=1S/C17H22N2O/c1-4-10-18-14(3)16-9-6-11-19-17(16)20-15-8-5-7-13(2)12-15/h5-9,11-12,14,18H,4,10H2,1-3H3. The van der Waals surface area contributed by atoms with Crippen LogP contribution in [0.4, 0.5) is 0 Å². The minimum Gasteiger partial charge on any atom is -0.439 e. The normalized spacial score (nSPS) is 12.2. The average Bonchev–Trinajstić information content (AvgIpc) is 2.45. The van der Waals surface area contributed by atoms with Gasteiger partial charge in [-0.05, 0) is 50.6 Å². The summed E-state index contributed by atoms with van der Waals surface area (Å²) in [6.45, 7) is 7.33. The van der Waals surface area contributed by atoms with E-state index in [2.05, 4.69) is 43.2 Å². The van der Waals surface area contributed by atoms with Crippen molar-refractivity contribution in [3.63, 3.8) is 0 Å². The third kappa shape index (κ3) is 3.81. The van der Waals surface area contributed by atoms with Gasteiger partial charge in [0.15, 0.2) is 0 Å². The van der Waals surface area contributed by atoms with Crippen molar-refractivity contribution >= 4 is 0 Å². The van der Waals surface area contributed by atoms with Crippen molar-refractivity contribution in [2.45, 2.75) is 33.2 Å². The molecular formula is C17H22N2O. The summed E-state index contributed by atoms with van der Waals surface area (Å²) in [5, 5.41) is 3.47. The molecule has 0 saturated heterocycles. The van der Waals surface area contributed by atoms with Crippen LogP contribution in [0.25, 0.3) is 0 Å². The van der Waals surface area contributed by atoms with Gasteiger partial charge in [0.25, 0.3) is 0 Å². The van der Waals surface area contributed by atoms with Crippen LogP contribution in [-0.2, 0) is 0 Å². The number of hydrogen-bond donors (Lipinski definition) is 1. The minimum atomic E-state index is 0.225. The number of nitrogens with one attached hydrogen (secondary N) is 1. The third-order valence-electron chi connectivity index (χ3n) is 3.17. The van der Waals surface area contributed by atoms with Crippen LogP contribution in [0.3, 0.4) is 0 Å². The maximum absolute atomic E-state index is 5.94. The Balaban J connectivity index is 2.19. The van der Waals surface area contributed by atoms with Gasteiger partial charge < -0.3 is 10.1 Å². The van der Waals surface area contributed by atoms with Crippen molar-refractivity contribution in [3.05, 3.63) is 53.7 Å². The van der Waals surface area contributed by atoms with E-state index in [9.17, 15) is 0 Å². The lowest BCUT2D eigenvalue weighted by Crippen LogP contribution is -2.20. The van der Waals surface area contributed by atoms with Crippen molar-refractivity contribution < 1.29 is 4.74 Å². The Morgan fingerprint density at radius 2 is 2.10 bits per heavy atom. The maximum Gasteiger partial charge on any atom is 0.223 e. The molecule has 20 heavy (non-hydrogen) atoms. The summed E-state index contributed by atoms with van der Waals surface area (Å²) in [4.78, 5) is 4.37. The first-order valence-electron chi connectivity index (χ1n) is 7.13. The first-order valence-corrected chi connectivity index (χ1v) is 7.13. The van der Waals surface area contributed by atoms with Crippen LogP contribution in [0.15, 0.2) is 42.6 Å². The van der Waals surface area contributed by atoms with Crippen LogP contribution < -0.4 is 10.1 Å². The molecule has 1 aromatic heterocycles. The highest BCUT2D eigenvalue weighted by atomic mass is 16.5. The number of ether oxygens (including phenoxy) is 1. The molecule has 2 aromatic rings. The summed E-state index contributed by atoms with van der Waals surface area (Å²) < 4.78 is 5.94. The zero-order valence-corrected chi connectivity index (χ0v) is 12.4. The second kappa shape index (κ2) is 7.06. The van der Waals surface area contributed by atoms with Gasteiger partial charge in [0.1, 0.15) is 5.75 Å². The maximum atomic E-state index is 5.94. The lowest BCUT2D eigenvalue weighted by Gasteiger charge is -2.17. The first-order chi connectivity index (χ1) is 9.70. The highest BCUT2D eigenvalue weighted by Crippen LogP contribution is 2.27. The zero-order chi connectivity index (χ0) is 14.4. The summed E-state index contributed by atoms with van der Waals surface area (Å²) in [5.74, 6) is 1.50. The number of benzene rings is 1. The number of hydrogen-bond acceptors (Lipinski definition) is 3. The fourth-order valence-electron chi connectivity index (χ4n) is 2.08. The molecular weight excluding hydrogens is 248 g/mol. The Labute approximate surface area is 121 Å². The fourth-order valence-corrected chi connectivity index (χ4v) is 2.08. The SMILES string of the molecule is CCCNC(C)c1cccnc1Oc1cccc(C)c1. The Morgan fingerprint density at radius 3 is 2.85 bits per heavy atom. The number of pyridine rings is 1. The smallest absolute Gasteiger partial charge is 0.223 e. The molecule has 0 amide bonds. The van der Waals surface area contributed by atoms with Crippen molar-refractivity contribution in [2.24, 2.45) is 0 Å². The third-order valence-corrected chi connectivity index (χ3v) is 3.17. The summed E-state index contributed by atoms with van der Waals surface area (Å²) in [5.41, 5.74) is 2.26. The van der Waals surface area contributed by atoms with E-state index < -0.39 is 0 Å². The second-order valence-corrected chi connectivity index (χ2v) is 4.99. The summed E-state index contributed by atoms with van der Waals surface area (Å²) in [6, 6.07) is 12.2. The summed E-state index contributed by atoms with van der Waals surface area (Å²) in [7, 11) is 0. The minimum absolute atomic E-state index is 0.225. The largest absolute Gasteiger partial charge is 0.439 e. The van der Waals surface area contributed by atoms with Gasteiger partial charge in [0, 0.05) is 17.8 Å². The van der Waals surface area contributed by atoms with Gasteiger partial charge in [-0.2, -0.15) is 0 Å². The Morgan fingerprint density at radius 1 is 1.25 bits per heavy atom. The van der Waals surface area contributed by atoms with E-state index in [1.807, 2.05) is 24.3 Å². The van der Waals surface area contributed by atoms with Gasteiger partial charge in [-0.25, -0.2) is 4.98 Å². The molecule has 0 radical (unpaired) electrons. The van der Waals surface area contributed by atoms with Gasteiger partial charge in [-0.3, -0.25) is 0 Å². The molecule has 0 bridgehead atoms. The van der Waals surface area contributed by atoms with E-state index in [0.29, 0.717) is 5.88 Å². The highest BCUT2D eigenvalue weighted by Gasteiger charge is 2.12. The monoisotopic (exact) mass is 270 g/mol. The molecule has 0 aliphatic carbocycles. The average molecular weight is 270 g/mol. The molecule has 106 valence electrons. The number of aromatic nitrogens is 1. The molecule has 1 aromatic carbocycles. The molecule has 1 N–H and O–H groups in total. The van der Waals surface area contributed by atoms with E-state index in [0.717, 1.165) is 24.3 Å². The lowest BCUT2D eigenvalue weighted by molar-refractivity contribution is 0.442. The predicted octanol–water partition coefficient (Wildman–Crippen LogP) is 4.24. The topological polar surface area (TPSA) is 34.2 Å². The summed E-state index contributed by atoms with van der Waals surface area (Å²) >= 11 is 0. The number of aryl methyl sites for hydroxylation is 1. The van der Waals surface area contributed by atoms with Gasteiger partial charge >= 0.3 is 0 Å². The van der Waals surface area contributed by atoms with E-state index in [1.165, 1.54) is 5.56 Å². The molecule has 0 spiro atoms. The van der Waals surface area contributed by atoms with E-state index >= 15 is 0 Å². The van der Waals surface area contributed by atoms with Gasteiger partial charge in [0.05, 0.1) is 0 Å². The van der Waals surface area contributed by atoms with Crippen molar-refractivity contribution in [2.75, 3.05) is 6.54 Å². The van der Waals surface area contributed by atoms with E-state index in [1.54, 1.807) is 6.20 Å². The van der Waals surface area contributed by atoms with Crippen LogP contribution in [0.5, 0.6) is 11.6 Å². The van der Waals surface area contributed by atoms with Gasteiger partial charge in [0.2, 0.25) is 5.88 Å². The molecule has 3 heteroatoms. The lowest BCUT2D eigenvalue weighted by atomic mass is 10.1. The molecule has 3 nitrogen and oxygen atoms in total. The van der Waals surface area contributed by atoms with Crippen LogP contribution in [0.2, 0.25) is 0 Å². The van der Waals surface area contributed by atoms with Crippen LogP contribution in [0, 0.1) is 6.92 Å². The molecule has 0 saturated carbocycles. The van der Waals surface area contributed by atoms with E-state index in [4.69, 9.17) is 4.74 Å².